The Labute approximate surface area is 179 Å². The molecule has 0 aliphatic carbocycles. The fourth-order valence-corrected chi connectivity index (χ4v) is 4.13. The Balaban J connectivity index is 1.81. The second-order valence-corrected chi connectivity index (χ2v) is 7.76. The molecule has 0 spiro atoms. The number of fused-ring (bicyclic) bond motifs is 1. The van der Waals surface area contributed by atoms with Crippen molar-refractivity contribution in [3.8, 4) is 0 Å². The SMILES string of the molecule is O=C1Nc2cc[c]cc2C1(Cc1cccc(C(F)(F)F)c1)Cc1cccc(C(F)(F)F)c1. The van der Waals surface area contributed by atoms with Crippen LogP contribution in [0.3, 0.4) is 0 Å². The lowest BCUT2D eigenvalue weighted by Crippen LogP contribution is -2.39. The number of amides is 1. The second kappa shape index (κ2) is 7.69. The van der Waals surface area contributed by atoms with Crippen molar-refractivity contribution in [3.05, 3.63) is 101 Å². The highest BCUT2D eigenvalue weighted by Crippen LogP contribution is 2.43. The smallest absolute Gasteiger partial charge is 0.325 e. The highest BCUT2D eigenvalue weighted by Gasteiger charge is 2.47. The van der Waals surface area contributed by atoms with Gasteiger partial charge in [0.25, 0.3) is 0 Å². The van der Waals surface area contributed by atoms with Crippen molar-refractivity contribution in [1.82, 2.24) is 0 Å². The van der Waals surface area contributed by atoms with Gasteiger partial charge < -0.3 is 5.32 Å². The average molecular weight is 448 g/mol. The zero-order valence-corrected chi connectivity index (χ0v) is 16.4. The average Bonchev–Trinajstić information content (AvgIpc) is 2.98. The number of rotatable bonds is 4. The van der Waals surface area contributed by atoms with Crippen molar-refractivity contribution in [2.45, 2.75) is 30.6 Å². The summed E-state index contributed by atoms with van der Waals surface area (Å²) in [7, 11) is 0. The lowest BCUT2D eigenvalue weighted by molar-refractivity contribution is -0.138. The summed E-state index contributed by atoms with van der Waals surface area (Å²) in [6, 6.07) is 16.8. The Hall–Kier alpha value is -3.29. The largest absolute Gasteiger partial charge is 0.416 e. The third-order valence-corrected chi connectivity index (χ3v) is 5.58. The molecule has 0 saturated carbocycles. The van der Waals surface area contributed by atoms with Crippen molar-refractivity contribution in [2.24, 2.45) is 0 Å². The zero-order valence-electron chi connectivity index (χ0n) is 16.4. The molecule has 1 aliphatic rings. The predicted molar refractivity (Wildman–Crippen MR) is 106 cm³/mol. The highest BCUT2D eigenvalue weighted by molar-refractivity contribution is 6.06. The van der Waals surface area contributed by atoms with E-state index in [0.29, 0.717) is 11.3 Å². The second-order valence-electron chi connectivity index (χ2n) is 7.76. The topological polar surface area (TPSA) is 29.1 Å². The molecule has 0 atom stereocenters. The first kappa shape index (κ1) is 21.9. The summed E-state index contributed by atoms with van der Waals surface area (Å²) in [6.07, 6.45) is -9.37. The number of carbonyl (C=O) groups excluding carboxylic acids is 1. The third-order valence-electron chi connectivity index (χ3n) is 5.58. The minimum atomic E-state index is -4.56. The van der Waals surface area contributed by atoms with Crippen LogP contribution in [-0.4, -0.2) is 5.91 Å². The Morgan fingerprint density at radius 1 is 0.812 bits per heavy atom. The molecule has 3 aromatic rings. The maximum Gasteiger partial charge on any atom is 0.416 e. The third kappa shape index (κ3) is 4.09. The highest BCUT2D eigenvalue weighted by atomic mass is 19.4. The molecule has 0 bridgehead atoms. The summed E-state index contributed by atoms with van der Waals surface area (Å²) in [6.45, 7) is 0. The number of carbonyl (C=O) groups is 1. The molecular weight excluding hydrogens is 432 g/mol. The molecule has 0 saturated heterocycles. The van der Waals surface area contributed by atoms with Gasteiger partial charge >= 0.3 is 12.4 Å². The Kier molecular flexibility index (Phi) is 5.27. The van der Waals surface area contributed by atoms with Gasteiger partial charge in [0.2, 0.25) is 5.91 Å². The molecule has 1 radical (unpaired) electrons. The van der Waals surface area contributed by atoms with Gasteiger partial charge in [0.15, 0.2) is 0 Å². The number of nitrogens with one attached hydrogen (secondary N) is 1. The molecule has 2 nitrogen and oxygen atoms in total. The van der Waals surface area contributed by atoms with E-state index in [9.17, 15) is 31.1 Å². The number of anilines is 1. The molecule has 1 aliphatic heterocycles. The van der Waals surface area contributed by atoms with Crippen LogP contribution in [0.15, 0.2) is 66.7 Å². The fourth-order valence-electron chi connectivity index (χ4n) is 4.13. The Bertz CT molecular complexity index is 1110. The molecule has 1 N–H and O–H groups in total. The fraction of sp³-hybridized carbons (Fsp3) is 0.208. The van der Waals surface area contributed by atoms with Crippen molar-refractivity contribution in [3.63, 3.8) is 0 Å². The van der Waals surface area contributed by atoms with Gasteiger partial charge in [-0.1, -0.05) is 42.5 Å². The molecule has 32 heavy (non-hydrogen) atoms. The molecule has 8 heteroatoms. The molecule has 1 heterocycles. The summed E-state index contributed by atoms with van der Waals surface area (Å²) in [4.78, 5) is 13.2. The van der Waals surface area contributed by atoms with E-state index in [1.807, 2.05) is 0 Å². The van der Waals surface area contributed by atoms with Crippen LogP contribution in [0.1, 0.15) is 27.8 Å². The predicted octanol–water partition coefficient (Wildman–Crippen LogP) is 6.20. The van der Waals surface area contributed by atoms with E-state index in [-0.39, 0.29) is 24.0 Å². The molecule has 1 amide bonds. The van der Waals surface area contributed by atoms with Crippen molar-refractivity contribution in [2.75, 3.05) is 5.32 Å². The normalized spacial score (nSPS) is 15.4. The van der Waals surface area contributed by atoms with Gasteiger partial charge in [0.05, 0.1) is 16.5 Å². The molecule has 0 aromatic heterocycles. The van der Waals surface area contributed by atoms with Gasteiger partial charge in [-0.05, 0) is 59.9 Å². The van der Waals surface area contributed by atoms with Crippen molar-refractivity contribution in [1.29, 1.82) is 0 Å². The zero-order chi connectivity index (χ0) is 23.1. The van der Waals surface area contributed by atoms with Crippen molar-refractivity contribution < 1.29 is 31.1 Å². The lowest BCUT2D eigenvalue weighted by atomic mass is 9.72. The van der Waals surface area contributed by atoms with Gasteiger partial charge in [0, 0.05) is 5.69 Å². The number of alkyl halides is 6. The summed E-state index contributed by atoms with van der Waals surface area (Å²) in [5.41, 5.74) is -1.66. The Morgan fingerprint density at radius 2 is 1.34 bits per heavy atom. The van der Waals surface area contributed by atoms with Crippen LogP contribution in [0.4, 0.5) is 32.0 Å². The maximum atomic E-state index is 13.2. The van der Waals surface area contributed by atoms with Crippen LogP contribution in [0, 0.1) is 6.07 Å². The lowest BCUT2D eigenvalue weighted by Gasteiger charge is -2.28. The van der Waals surface area contributed by atoms with E-state index >= 15 is 0 Å². The standard InChI is InChI=1S/C24H16F6NO/c25-23(26,27)17-7-3-5-15(11-17)13-22(19-9-1-2-10-20(19)31-21(22)32)14-16-6-4-8-18(12-16)24(28,29)30/h2-12H,13-14H2,(H,31,32). The van der Waals surface area contributed by atoms with Gasteiger partial charge in [-0.15, -0.1) is 0 Å². The number of benzene rings is 3. The van der Waals surface area contributed by atoms with E-state index in [0.717, 1.165) is 24.3 Å². The van der Waals surface area contributed by atoms with Crippen LogP contribution >= 0.6 is 0 Å². The van der Waals surface area contributed by atoms with E-state index in [4.69, 9.17) is 0 Å². The Morgan fingerprint density at radius 3 is 1.84 bits per heavy atom. The van der Waals surface area contributed by atoms with Crippen LogP contribution in [0.5, 0.6) is 0 Å². The summed E-state index contributed by atoms with van der Waals surface area (Å²) in [5.74, 6) is -0.484. The quantitative estimate of drug-likeness (QED) is 0.473. The first-order valence-electron chi connectivity index (χ1n) is 9.63. The van der Waals surface area contributed by atoms with Crippen LogP contribution in [-0.2, 0) is 35.4 Å². The number of hydrogen-bond donors (Lipinski definition) is 1. The monoisotopic (exact) mass is 448 g/mol. The summed E-state index contributed by atoms with van der Waals surface area (Å²) >= 11 is 0. The van der Waals surface area contributed by atoms with E-state index in [2.05, 4.69) is 11.4 Å². The number of hydrogen-bond acceptors (Lipinski definition) is 1. The summed E-state index contributed by atoms with van der Waals surface area (Å²) < 4.78 is 79.2. The van der Waals surface area contributed by atoms with Gasteiger partial charge in [0.1, 0.15) is 0 Å². The molecular formula is C24H16F6NO. The molecule has 0 unspecified atom stereocenters. The van der Waals surface area contributed by atoms with E-state index in [1.54, 1.807) is 18.2 Å². The first-order valence-corrected chi connectivity index (χ1v) is 9.63. The first-order chi connectivity index (χ1) is 15.0. The molecule has 3 aromatic carbocycles. The van der Waals surface area contributed by atoms with Crippen LogP contribution in [0.2, 0.25) is 0 Å². The minimum Gasteiger partial charge on any atom is -0.325 e. The van der Waals surface area contributed by atoms with E-state index in [1.165, 1.54) is 24.3 Å². The molecule has 165 valence electrons. The van der Waals surface area contributed by atoms with Gasteiger partial charge in [-0.3, -0.25) is 4.79 Å². The van der Waals surface area contributed by atoms with Gasteiger partial charge in [-0.25, -0.2) is 0 Å². The molecule has 4 rings (SSSR count). The summed E-state index contributed by atoms with van der Waals surface area (Å²) in [5, 5.41) is 2.72. The maximum absolute atomic E-state index is 13.2. The minimum absolute atomic E-state index is 0.121. The van der Waals surface area contributed by atoms with Crippen LogP contribution < -0.4 is 5.32 Å². The van der Waals surface area contributed by atoms with E-state index < -0.39 is 34.8 Å². The van der Waals surface area contributed by atoms with Gasteiger partial charge in [-0.2, -0.15) is 26.3 Å². The van der Waals surface area contributed by atoms with Crippen molar-refractivity contribution >= 4 is 11.6 Å². The molecule has 0 fully saturated rings. The van der Waals surface area contributed by atoms with Crippen LogP contribution in [0.25, 0.3) is 0 Å². The number of halogens is 6.